The van der Waals surface area contributed by atoms with Gasteiger partial charge in [0.1, 0.15) is 17.9 Å². The normalized spacial score (nSPS) is 19.0. The largest absolute Gasteiger partial charge is 0.444 e. The average molecular weight is 465 g/mol. The molecule has 174 valence electrons. The molecule has 3 amide bonds. The number of carbonyl (C=O) groups excluding carboxylic acids is 3. The van der Waals surface area contributed by atoms with E-state index in [1.165, 1.54) is 7.11 Å². The van der Waals surface area contributed by atoms with E-state index in [1.807, 2.05) is 0 Å². The van der Waals surface area contributed by atoms with Crippen LogP contribution >= 0.6 is 11.6 Å². The first-order valence-corrected chi connectivity index (χ1v) is 10.8. The fraction of sp³-hybridized carbons (Fsp3) is 0.500. The molecule has 0 unspecified atom stereocenters. The van der Waals surface area contributed by atoms with Crippen molar-refractivity contribution >= 4 is 40.4 Å². The zero-order valence-electron chi connectivity index (χ0n) is 18.7. The highest BCUT2D eigenvalue weighted by molar-refractivity contribution is 6.31. The van der Waals surface area contributed by atoms with Crippen molar-refractivity contribution < 1.29 is 23.9 Å². The monoisotopic (exact) mass is 464 g/mol. The minimum atomic E-state index is -0.672. The number of carbonyl (C=O) groups is 3. The molecule has 3 rings (SSSR count). The van der Waals surface area contributed by atoms with E-state index in [9.17, 15) is 14.4 Å². The van der Waals surface area contributed by atoms with E-state index in [4.69, 9.17) is 21.1 Å². The van der Waals surface area contributed by atoms with Gasteiger partial charge in [-0.1, -0.05) is 11.6 Å². The molecular weight excluding hydrogens is 436 g/mol. The number of benzene rings is 1. The summed E-state index contributed by atoms with van der Waals surface area (Å²) in [6.07, 6.45) is -0.142. The van der Waals surface area contributed by atoms with Gasteiger partial charge in [-0.25, -0.2) is 4.79 Å². The van der Waals surface area contributed by atoms with Crippen molar-refractivity contribution in [2.45, 2.75) is 44.9 Å². The Kier molecular flexibility index (Phi) is 7.30. The maximum absolute atomic E-state index is 12.9. The molecule has 1 aromatic carbocycles. The lowest BCUT2D eigenvalue weighted by Crippen LogP contribution is -2.62. The number of nitrogens with one attached hydrogen (secondary N) is 3. The molecule has 0 saturated carbocycles. The minimum Gasteiger partial charge on any atom is -0.444 e. The molecule has 10 heteroatoms. The number of H-pyrrole nitrogens is 1. The Morgan fingerprint density at radius 2 is 1.94 bits per heavy atom. The summed E-state index contributed by atoms with van der Waals surface area (Å²) < 4.78 is 10.3. The van der Waals surface area contributed by atoms with Gasteiger partial charge < -0.3 is 30.0 Å². The van der Waals surface area contributed by atoms with Crippen molar-refractivity contribution in [2.24, 2.45) is 0 Å². The van der Waals surface area contributed by atoms with Crippen LogP contribution < -0.4 is 10.6 Å². The quantitative estimate of drug-likeness (QED) is 0.629. The number of piperidine rings is 1. The Bertz CT molecular complexity index is 1000. The number of hydrogen-bond donors (Lipinski definition) is 3. The molecule has 1 fully saturated rings. The minimum absolute atomic E-state index is 0.0478. The summed E-state index contributed by atoms with van der Waals surface area (Å²) in [5.74, 6) is -0.490. The van der Waals surface area contributed by atoms with Gasteiger partial charge in [-0.2, -0.15) is 0 Å². The Morgan fingerprint density at radius 3 is 2.62 bits per heavy atom. The topological polar surface area (TPSA) is 113 Å². The van der Waals surface area contributed by atoms with Crippen LogP contribution in [0, 0.1) is 0 Å². The van der Waals surface area contributed by atoms with Crippen LogP contribution in [-0.4, -0.2) is 72.3 Å². The molecule has 32 heavy (non-hydrogen) atoms. The number of amides is 3. The second-order valence-corrected chi connectivity index (χ2v) is 9.25. The number of aromatic amines is 1. The number of likely N-dealkylation sites (tertiary alicyclic amines) is 1. The molecule has 0 radical (unpaired) electrons. The van der Waals surface area contributed by atoms with Gasteiger partial charge in [0.2, 0.25) is 5.91 Å². The molecule has 0 aliphatic carbocycles. The van der Waals surface area contributed by atoms with E-state index in [-0.39, 0.29) is 25.0 Å². The third-order valence-electron chi connectivity index (χ3n) is 5.08. The lowest BCUT2D eigenvalue weighted by Gasteiger charge is -2.39. The lowest BCUT2D eigenvalue weighted by molar-refractivity contribution is -0.136. The lowest BCUT2D eigenvalue weighted by atomic mass is 9.98. The van der Waals surface area contributed by atoms with Gasteiger partial charge in [-0.3, -0.25) is 9.59 Å². The van der Waals surface area contributed by atoms with Crippen LogP contribution in [0.25, 0.3) is 10.9 Å². The Labute approximate surface area is 191 Å². The fourth-order valence-electron chi connectivity index (χ4n) is 3.64. The molecule has 1 aliphatic heterocycles. The number of aromatic nitrogens is 1. The summed E-state index contributed by atoms with van der Waals surface area (Å²) in [5.41, 5.74) is 0.508. The summed E-state index contributed by atoms with van der Waals surface area (Å²) in [6.45, 7) is 5.92. The highest BCUT2D eigenvalue weighted by atomic mass is 35.5. The average Bonchev–Trinajstić information content (AvgIpc) is 3.11. The second kappa shape index (κ2) is 9.79. The molecule has 1 saturated heterocycles. The predicted octanol–water partition coefficient (Wildman–Crippen LogP) is 2.69. The maximum Gasteiger partial charge on any atom is 0.408 e. The predicted molar refractivity (Wildman–Crippen MR) is 121 cm³/mol. The number of fused-ring (bicyclic) bond motifs is 1. The van der Waals surface area contributed by atoms with E-state index in [0.29, 0.717) is 23.7 Å². The summed E-state index contributed by atoms with van der Waals surface area (Å²) in [7, 11) is 1.45. The summed E-state index contributed by atoms with van der Waals surface area (Å²) in [5, 5.41) is 7.19. The van der Waals surface area contributed by atoms with Crippen molar-refractivity contribution in [2.75, 3.05) is 26.8 Å². The number of alkyl carbamates (subject to hydrolysis) is 1. The third-order valence-corrected chi connectivity index (χ3v) is 5.31. The standard InChI is InChI=1S/C22H29ClN4O5/c1-22(2,3)32-21(30)26-18-11-27(19(28)12-31-4)8-7-16(18)25-20(29)17-10-13-9-14(23)5-6-15(13)24-17/h5-6,9-10,16,18,24H,7-8,11-12H2,1-4H3,(H,25,29)(H,26,30)/t16-,18+/m1/s1. The Morgan fingerprint density at radius 1 is 1.19 bits per heavy atom. The molecule has 1 aromatic heterocycles. The first-order valence-electron chi connectivity index (χ1n) is 10.4. The molecule has 2 aromatic rings. The van der Waals surface area contributed by atoms with Crippen LogP contribution in [0.3, 0.4) is 0 Å². The third kappa shape index (κ3) is 6.14. The number of hydrogen-bond acceptors (Lipinski definition) is 5. The van der Waals surface area contributed by atoms with Crippen LogP contribution in [0.5, 0.6) is 0 Å². The zero-order valence-corrected chi connectivity index (χ0v) is 19.4. The van der Waals surface area contributed by atoms with Crippen LogP contribution in [0.1, 0.15) is 37.7 Å². The van der Waals surface area contributed by atoms with Gasteiger partial charge in [-0.05, 0) is 51.5 Å². The van der Waals surface area contributed by atoms with Crippen molar-refractivity contribution in [3.63, 3.8) is 0 Å². The first-order chi connectivity index (χ1) is 15.1. The number of rotatable bonds is 5. The van der Waals surface area contributed by atoms with Crippen molar-refractivity contribution in [1.82, 2.24) is 20.5 Å². The van der Waals surface area contributed by atoms with Gasteiger partial charge in [0, 0.05) is 36.1 Å². The Hall–Kier alpha value is -2.78. The molecule has 9 nitrogen and oxygen atoms in total. The van der Waals surface area contributed by atoms with Gasteiger partial charge >= 0.3 is 6.09 Å². The van der Waals surface area contributed by atoms with Crippen molar-refractivity contribution in [3.8, 4) is 0 Å². The smallest absolute Gasteiger partial charge is 0.408 e. The SMILES string of the molecule is COCC(=O)N1CC[C@@H](NC(=O)c2cc3cc(Cl)ccc3[nH]2)[C@@H](NC(=O)OC(C)(C)C)C1. The highest BCUT2D eigenvalue weighted by Gasteiger charge is 2.34. The highest BCUT2D eigenvalue weighted by Crippen LogP contribution is 2.21. The second-order valence-electron chi connectivity index (χ2n) is 8.81. The van der Waals surface area contributed by atoms with E-state index in [2.05, 4.69) is 15.6 Å². The van der Waals surface area contributed by atoms with E-state index < -0.39 is 23.8 Å². The number of nitrogens with zero attached hydrogens (tertiary/aromatic N) is 1. The molecular formula is C22H29ClN4O5. The van der Waals surface area contributed by atoms with Gasteiger partial charge in [-0.15, -0.1) is 0 Å². The molecule has 1 aliphatic rings. The molecule has 3 N–H and O–H groups in total. The van der Waals surface area contributed by atoms with E-state index >= 15 is 0 Å². The van der Waals surface area contributed by atoms with Gasteiger partial charge in [0.25, 0.3) is 5.91 Å². The number of halogens is 1. The van der Waals surface area contributed by atoms with Gasteiger partial charge in [0.05, 0.1) is 12.1 Å². The molecule has 2 atom stereocenters. The summed E-state index contributed by atoms with van der Waals surface area (Å²) >= 11 is 6.03. The van der Waals surface area contributed by atoms with Crippen LogP contribution in [-0.2, 0) is 14.3 Å². The first kappa shape index (κ1) is 23.9. The molecule has 2 heterocycles. The van der Waals surface area contributed by atoms with Crippen LogP contribution in [0.2, 0.25) is 5.02 Å². The van der Waals surface area contributed by atoms with Crippen LogP contribution in [0.4, 0.5) is 4.79 Å². The number of ether oxygens (including phenoxy) is 2. The summed E-state index contributed by atoms with van der Waals surface area (Å²) in [6, 6.07) is 6.14. The Balaban J connectivity index is 1.74. The molecule has 0 bridgehead atoms. The maximum atomic E-state index is 12.9. The van der Waals surface area contributed by atoms with E-state index in [0.717, 1.165) is 10.9 Å². The van der Waals surface area contributed by atoms with Crippen molar-refractivity contribution in [3.05, 3.63) is 35.0 Å². The summed E-state index contributed by atoms with van der Waals surface area (Å²) in [4.78, 5) is 42.3. The van der Waals surface area contributed by atoms with Crippen LogP contribution in [0.15, 0.2) is 24.3 Å². The fourth-order valence-corrected chi connectivity index (χ4v) is 3.82. The van der Waals surface area contributed by atoms with Crippen molar-refractivity contribution in [1.29, 1.82) is 0 Å². The van der Waals surface area contributed by atoms with Gasteiger partial charge in [0.15, 0.2) is 0 Å². The number of methoxy groups -OCH3 is 1. The molecule has 0 spiro atoms. The van der Waals surface area contributed by atoms with E-state index in [1.54, 1.807) is 49.9 Å². The zero-order chi connectivity index (χ0) is 23.5.